The molecule has 0 saturated carbocycles. The van der Waals surface area contributed by atoms with Crippen LogP contribution in [0.15, 0.2) is 24.3 Å². The molecule has 2 N–H and O–H groups in total. The number of aromatic nitrogens is 1. The number of nitriles is 1. The molecule has 0 aliphatic rings. The van der Waals surface area contributed by atoms with Gasteiger partial charge >= 0.3 is 5.97 Å². The predicted molar refractivity (Wildman–Crippen MR) is 59.0 cm³/mol. The van der Waals surface area contributed by atoms with Gasteiger partial charge in [0.1, 0.15) is 0 Å². The Kier molecular flexibility index (Phi) is 2.61. The summed E-state index contributed by atoms with van der Waals surface area (Å²) < 4.78 is 0. The third kappa shape index (κ3) is 2.04. The van der Waals surface area contributed by atoms with Gasteiger partial charge in [0.25, 0.3) is 0 Å². The van der Waals surface area contributed by atoms with E-state index in [1.165, 1.54) is 0 Å². The van der Waals surface area contributed by atoms with Crippen LogP contribution in [0.25, 0.3) is 10.9 Å². The summed E-state index contributed by atoms with van der Waals surface area (Å²) in [6.45, 7) is 0. The summed E-state index contributed by atoms with van der Waals surface area (Å²) >= 11 is 0. The summed E-state index contributed by atoms with van der Waals surface area (Å²) in [5.74, 6) is -0.809. The van der Waals surface area contributed by atoms with Crippen molar-refractivity contribution in [1.29, 1.82) is 5.26 Å². The van der Waals surface area contributed by atoms with Crippen LogP contribution in [0.2, 0.25) is 0 Å². The molecule has 4 nitrogen and oxygen atoms in total. The van der Waals surface area contributed by atoms with Crippen LogP contribution in [0.3, 0.4) is 0 Å². The van der Waals surface area contributed by atoms with Crippen molar-refractivity contribution < 1.29 is 9.90 Å². The second-order valence-electron chi connectivity index (χ2n) is 3.60. The lowest BCUT2D eigenvalue weighted by molar-refractivity contribution is -0.136. The maximum atomic E-state index is 10.4. The number of hydrogen-bond acceptors (Lipinski definition) is 2. The van der Waals surface area contributed by atoms with E-state index in [0.29, 0.717) is 12.0 Å². The zero-order chi connectivity index (χ0) is 11.5. The minimum absolute atomic E-state index is 0.109. The van der Waals surface area contributed by atoms with E-state index in [1.54, 1.807) is 12.1 Å². The van der Waals surface area contributed by atoms with Crippen molar-refractivity contribution in [2.45, 2.75) is 12.8 Å². The molecule has 0 radical (unpaired) electrons. The first-order valence-corrected chi connectivity index (χ1v) is 4.92. The number of nitrogens with one attached hydrogen (secondary N) is 1. The van der Waals surface area contributed by atoms with Gasteiger partial charge in [0, 0.05) is 16.6 Å². The standard InChI is InChI=1S/C12H10N2O2/c13-7-8-1-3-11-9(5-8)6-10(14-11)2-4-12(15)16/h1,3,5-6,14H,2,4H2,(H,15,16). The number of rotatable bonds is 3. The van der Waals surface area contributed by atoms with E-state index in [-0.39, 0.29) is 6.42 Å². The second kappa shape index (κ2) is 4.07. The largest absolute Gasteiger partial charge is 0.481 e. The topological polar surface area (TPSA) is 76.9 Å². The fraction of sp³-hybridized carbons (Fsp3) is 0.167. The van der Waals surface area contributed by atoms with Crippen LogP contribution in [-0.2, 0) is 11.2 Å². The average Bonchev–Trinajstić information content (AvgIpc) is 2.67. The van der Waals surface area contributed by atoms with E-state index in [0.717, 1.165) is 16.6 Å². The van der Waals surface area contributed by atoms with Gasteiger partial charge in [-0.3, -0.25) is 4.79 Å². The molecule has 0 unspecified atom stereocenters. The number of fused-ring (bicyclic) bond motifs is 1. The van der Waals surface area contributed by atoms with E-state index in [9.17, 15) is 4.79 Å². The van der Waals surface area contributed by atoms with Crippen LogP contribution in [0.5, 0.6) is 0 Å². The van der Waals surface area contributed by atoms with Crippen LogP contribution in [-0.4, -0.2) is 16.1 Å². The zero-order valence-corrected chi connectivity index (χ0v) is 8.53. The molecule has 4 heteroatoms. The maximum Gasteiger partial charge on any atom is 0.303 e. The number of H-pyrrole nitrogens is 1. The molecule has 0 amide bonds. The van der Waals surface area contributed by atoms with Gasteiger partial charge in [-0.15, -0.1) is 0 Å². The molecular formula is C12H10N2O2. The molecule has 0 aliphatic carbocycles. The van der Waals surface area contributed by atoms with Gasteiger partial charge in [-0.05, 0) is 30.7 Å². The molecule has 1 heterocycles. The maximum absolute atomic E-state index is 10.4. The lowest BCUT2D eigenvalue weighted by atomic mass is 10.1. The quantitative estimate of drug-likeness (QED) is 0.820. The minimum atomic E-state index is -0.809. The highest BCUT2D eigenvalue weighted by atomic mass is 16.4. The summed E-state index contributed by atoms with van der Waals surface area (Å²) in [6, 6.07) is 9.31. The third-order valence-electron chi connectivity index (χ3n) is 2.41. The van der Waals surface area contributed by atoms with Gasteiger partial charge in [0.05, 0.1) is 18.1 Å². The molecule has 0 aliphatic heterocycles. The first kappa shape index (κ1) is 10.2. The van der Waals surface area contributed by atoms with Crippen molar-refractivity contribution in [3.63, 3.8) is 0 Å². The monoisotopic (exact) mass is 214 g/mol. The SMILES string of the molecule is N#Cc1ccc2[nH]c(CCC(=O)O)cc2c1. The van der Waals surface area contributed by atoms with Crippen molar-refractivity contribution >= 4 is 16.9 Å². The summed E-state index contributed by atoms with van der Waals surface area (Å²) in [7, 11) is 0. The van der Waals surface area contributed by atoms with Gasteiger partial charge in [-0.1, -0.05) is 0 Å². The molecule has 0 spiro atoms. The highest BCUT2D eigenvalue weighted by Crippen LogP contribution is 2.17. The molecule has 0 fully saturated rings. The van der Waals surface area contributed by atoms with Crippen LogP contribution in [0.4, 0.5) is 0 Å². The number of aromatic amines is 1. The van der Waals surface area contributed by atoms with Gasteiger partial charge in [0.15, 0.2) is 0 Å². The molecule has 16 heavy (non-hydrogen) atoms. The lowest BCUT2D eigenvalue weighted by Gasteiger charge is -1.91. The van der Waals surface area contributed by atoms with Gasteiger partial charge in [0.2, 0.25) is 0 Å². The fourth-order valence-electron chi connectivity index (χ4n) is 1.64. The van der Waals surface area contributed by atoms with Crippen LogP contribution in [0.1, 0.15) is 17.7 Å². The Bertz CT molecular complexity index is 578. The first-order valence-electron chi connectivity index (χ1n) is 4.92. The number of benzene rings is 1. The highest BCUT2D eigenvalue weighted by molar-refractivity contribution is 5.82. The normalized spacial score (nSPS) is 10.2. The van der Waals surface area contributed by atoms with Crippen molar-refractivity contribution in [3.8, 4) is 6.07 Å². The lowest BCUT2D eigenvalue weighted by Crippen LogP contribution is -1.97. The molecule has 2 rings (SSSR count). The van der Waals surface area contributed by atoms with Gasteiger partial charge in [-0.2, -0.15) is 5.26 Å². The van der Waals surface area contributed by atoms with E-state index >= 15 is 0 Å². The number of hydrogen-bond donors (Lipinski definition) is 2. The third-order valence-corrected chi connectivity index (χ3v) is 2.41. The van der Waals surface area contributed by atoms with Crippen LogP contribution in [0, 0.1) is 11.3 Å². The van der Waals surface area contributed by atoms with Gasteiger partial charge < -0.3 is 10.1 Å². The molecule has 0 atom stereocenters. The zero-order valence-electron chi connectivity index (χ0n) is 8.53. The molecule has 80 valence electrons. The van der Waals surface area contributed by atoms with E-state index in [4.69, 9.17) is 10.4 Å². The minimum Gasteiger partial charge on any atom is -0.481 e. The Morgan fingerprint density at radius 3 is 2.94 bits per heavy atom. The predicted octanol–water partition coefficient (Wildman–Crippen LogP) is 2.06. The van der Waals surface area contributed by atoms with Crippen LogP contribution < -0.4 is 0 Å². The Morgan fingerprint density at radius 1 is 1.44 bits per heavy atom. The molecule has 1 aromatic heterocycles. The molecule has 2 aromatic rings. The Morgan fingerprint density at radius 2 is 2.25 bits per heavy atom. The molecular weight excluding hydrogens is 204 g/mol. The van der Waals surface area contributed by atoms with E-state index < -0.39 is 5.97 Å². The number of aliphatic carboxylic acids is 1. The summed E-state index contributed by atoms with van der Waals surface area (Å²) in [6.07, 6.45) is 0.587. The number of nitrogens with zero attached hydrogens (tertiary/aromatic N) is 1. The van der Waals surface area contributed by atoms with Gasteiger partial charge in [-0.25, -0.2) is 0 Å². The Hall–Kier alpha value is -2.28. The number of carboxylic acid groups (broad SMARTS) is 1. The van der Waals surface area contributed by atoms with Crippen molar-refractivity contribution in [2.75, 3.05) is 0 Å². The summed E-state index contributed by atoms with van der Waals surface area (Å²) in [5.41, 5.74) is 2.42. The fourth-order valence-corrected chi connectivity index (χ4v) is 1.64. The van der Waals surface area contributed by atoms with Crippen molar-refractivity contribution in [3.05, 3.63) is 35.5 Å². The highest BCUT2D eigenvalue weighted by Gasteiger charge is 2.04. The number of carbonyl (C=O) groups is 1. The van der Waals surface area contributed by atoms with Crippen molar-refractivity contribution in [2.24, 2.45) is 0 Å². The summed E-state index contributed by atoms with van der Waals surface area (Å²) in [5, 5.41) is 18.3. The second-order valence-corrected chi connectivity index (χ2v) is 3.60. The smallest absolute Gasteiger partial charge is 0.303 e. The number of aryl methyl sites for hydroxylation is 1. The van der Waals surface area contributed by atoms with Crippen molar-refractivity contribution in [1.82, 2.24) is 4.98 Å². The first-order chi connectivity index (χ1) is 7.69. The molecule has 0 bridgehead atoms. The Labute approximate surface area is 92.1 Å². The Balaban J connectivity index is 2.30. The number of carboxylic acids is 1. The van der Waals surface area contributed by atoms with Crippen LogP contribution >= 0.6 is 0 Å². The van der Waals surface area contributed by atoms with E-state index in [2.05, 4.69) is 11.1 Å². The van der Waals surface area contributed by atoms with E-state index in [1.807, 2.05) is 12.1 Å². The average molecular weight is 214 g/mol. The molecule has 0 saturated heterocycles. The summed E-state index contributed by atoms with van der Waals surface area (Å²) in [4.78, 5) is 13.6. The molecule has 1 aromatic carbocycles.